The van der Waals surface area contributed by atoms with Gasteiger partial charge in [-0.2, -0.15) is 17.0 Å². The molecule has 13 heteroatoms. The van der Waals surface area contributed by atoms with E-state index in [4.69, 9.17) is 10.5 Å². The first-order chi connectivity index (χ1) is 16.5. The van der Waals surface area contributed by atoms with Crippen LogP contribution in [-0.2, 0) is 31.1 Å². The van der Waals surface area contributed by atoms with Gasteiger partial charge in [0.05, 0.1) is 19.3 Å². The second kappa shape index (κ2) is 9.72. The summed E-state index contributed by atoms with van der Waals surface area (Å²) in [6, 6.07) is 3.69. The topological polar surface area (TPSA) is 137 Å². The third-order valence-corrected chi connectivity index (χ3v) is 8.81. The first kappa shape index (κ1) is 25.4. The molecule has 35 heavy (non-hydrogen) atoms. The van der Waals surface area contributed by atoms with E-state index in [0.29, 0.717) is 24.0 Å². The van der Waals surface area contributed by atoms with Crippen LogP contribution in [0.15, 0.2) is 29.7 Å². The summed E-state index contributed by atoms with van der Waals surface area (Å²) in [7, 11) is -2.46. The van der Waals surface area contributed by atoms with Gasteiger partial charge in [-0.3, -0.25) is 9.59 Å². The van der Waals surface area contributed by atoms with Crippen LogP contribution < -0.4 is 5.73 Å². The van der Waals surface area contributed by atoms with Gasteiger partial charge in [0.15, 0.2) is 5.70 Å². The quantitative estimate of drug-likeness (QED) is 0.550. The summed E-state index contributed by atoms with van der Waals surface area (Å²) in [5, 5.41) is 10.6. The van der Waals surface area contributed by atoms with Gasteiger partial charge in [0.25, 0.3) is 22.0 Å². The number of aryl methyl sites for hydroxylation is 1. The fourth-order valence-corrected chi connectivity index (χ4v) is 6.53. The van der Waals surface area contributed by atoms with E-state index in [0.717, 1.165) is 0 Å². The van der Waals surface area contributed by atoms with Crippen molar-refractivity contribution in [2.24, 2.45) is 5.73 Å². The number of halogens is 1. The molecule has 2 fully saturated rings. The molecular weight excluding hydrogens is 481 g/mol. The molecule has 192 valence electrons. The summed E-state index contributed by atoms with van der Waals surface area (Å²) in [4.78, 5) is 28.3. The third kappa shape index (κ3) is 4.60. The molecule has 0 bridgehead atoms. The number of likely N-dealkylation sites (N-methyl/N-ethyl adjacent to an activating group) is 1. The molecule has 0 radical (unpaired) electrons. The Labute approximate surface area is 203 Å². The van der Waals surface area contributed by atoms with Gasteiger partial charge in [-0.1, -0.05) is 12.1 Å². The maximum atomic E-state index is 13.9. The minimum absolute atomic E-state index is 0.000157. The van der Waals surface area contributed by atoms with E-state index in [1.165, 1.54) is 37.6 Å². The summed E-state index contributed by atoms with van der Waals surface area (Å²) < 4.78 is 48.6. The van der Waals surface area contributed by atoms with Crippen molar-refractivity contribution in [2.75, 3.05) is 39.9 Å². The van der Waals surface area contributed by atoms with Crippen molar-refractivity contribution < 1.29 is 32.2 Å². The highest BCUT2D eigenvalue weighted by molar-refractivity contribution is 7.86. The lowest BCUT2D eigenvalue weighted by Crippen LogP contribution is -2.67. The summed E-state index contributed by atoms with van der Waals surface area (Å²) in [5.41, 5.74) is 6.18. The molecule has 0 aromatic heterocycles. The zero-order chi connectivity index (χ0) is 25.5. The van der Waals surface area contributed by atoms with Gasteiger partial charge in [0, 0.05) is 33.2 Å². The SMILES string of the molecule is Cc1cc(CN2C(C(N)=O)=C(O)C(=O)N3CCCC(N(C)S(=O)(=O)N4CCOCC4)C32)ccc1F. The van der Waals surface area contributed by atoms with Crippen molar-refractivity contribution in [3.8, 4) is 0 Å². The molecule has 2 saturated heterocycles. The molecule has 3 aliphatic rings. The number of hydrogen-bond acceptors (Lipinski definition) is 7. The highest BCUT2D eigenvalue weighted by Gasteiger charge is 2.50. The normalized spacial score (nSPS) is 24.2. The number of fused-ring (bicyclic) bond motifs is 1. The lowest BCUT2D eigenvalue weighted by molar-refractivity contribution is -0.147. The van der Waals surface area contributed by atoms with Crippen molar-refractivity contribution in [1.82, 2.24) is 18.4 Å². The number of piperidine rings is 1. The lowest BCUT2D eigenvalue weighted by Gasteiger charge is -2.52. The molecule has 2 amide bonds. The van der Waals surface area contributed by atoms with E-state index < -0.39 is 45.8 Å². The van der Waals surface area contributed by atoms with Crippen molar-refractivity contribution in [2.45, 2.75) is 38.5 Å². The molecule has 1 aromatic rings. The maximum absolute atomic E-state index is 13.9. The molecule has 0 saturated carbocycles. The molecule has 3 aliphatic heterocycles. The Hall–Kier alpha value is -2.74. The molecule has 3 heterocycles. The highest BCUT2D eigenvalue weighted by Crippen LogP contribution is 2.35. The second-order valence-electron chi connectivity index (χ2n) is 8.93. The zero-order valence-corrected chi connectivity index (χ0v) is 20.5. The maximum Gasteiger partial charge on any atom is 0.292 e. The number of hydrogen-bond donors (Lipinski definition) is 2. The molecule has 4 rings (SSSR count). The number of nitrogens with two attached hydrogens (primary N) is 1. The van der Waals surface area contributed by atoms with Crippen LogP contribution in [0.1, 0.15) is 24.0 Å². The standard InChI is InChI=1S/C22H30FN5O6S/c1-14-12-15(5-6-16(14)23)13-28-18(20(24)30)19(29)22(31)27-7-3-4-17(21(27)28)25(2)35(32,33)26-8-10-34-11-9-26/h5-6,12,17,21,29H,3-4,7-11,13H2,1-2H3,(H2,24,30). The Balaban J connectivity index is 1.77. The second-order valence-corrected chi connectivity index (χ2v) is 10.9. The highest BCUT2D eigenvalue weighted by atomic mass is 32.2. The van der Waals surface area contributed by atoms with Crippen molar-refractivity contribution in [1.29, 1.82) is 0 Å². The Morgan fingerprint density at radius 1 is 1.29 bits per heavy atom. The number of primary amides is 1. The number of carbonyl (C=O) groups excluding carboxylic acids is 2. The lowest BCUT2D eigenvalue weighted by atomic mass is 9.96. The van der Waals surface area contributed by atoms with Crippen molar-refractivity contribution in [3.63, 3.8) is 0 Å². The Morgan fingerprint density at radius 2 is 1.97 bits per heavy atom. The van der Waals surface area contributed by atoms with Gasteiger partial charge in [-0.05, 0) is 37.0 Å². The van der Waals surface area contributed by atoms with Gasteiger partial charge < -0.3 is 25.4 Å². The third-order valence-electron chi connectivity index (χ3n) is 6.79. The largest absolute Gasteiger partial charge is 0.501 e. The Morgan fingerprint density at radius 3 is 2.60 bits per heavy atom. The Bertz CT molecular complexity index is 1150. The number of carbonyl (C=O) groups is 2. The van der Waals surface area contributed by atoms with Gasteiger partial charge in [0.2, 0.25) is 5.76 Å². The average Bonchev–Trinajstić information content (AvgIpc) is 2.84. The van der Waals surface area contributed by atoms with Crippen LogP contribution in [0.4, 0.5) is 4.39 Å². The average molecular weight is 512 g/mol. The minimum atomic E-state index is -3.91. The van der Waals surface area contributed by atoms with Crippen LogP contribution in [0.2, 0.25) is 0 Å². The number of aliphatic hydroxyl groups excluding tert-OH is 1. The fourth-order valence-electron chi connectivity index (χ4n) is 5.00. The summed E-state index contributed by atoms with van der Waals surface area (Å²) in [6.07, 6.45) is 0.0135. The van der Waals surface area contributed by atoms with Crippen LogP contribution >= 0.6 is 0 Å². The summed E-state index contributed by atoms with van der Waals surface area (Å²) >= 11 is 0. The zero-order valence-electron chi connectivity index (χ0n) is 19.7. The smallest absolute Gasteiger partial charge is 0.292 e. The van der Waals surface area contributed by atoms with E-state index in [9.17, 15) is 27.5 Å². The first-order valence-electron chi connectivity index (χ1n) is 11.4. The van der Waals surface area contributed by atoms with Gasteiger partial charge in [0.1, 0.15) is 12.0 Å². The predicted octanol–water partition coefficient (Wildman–Crippen LogP) is 0.0305. The molecular formula is C22H30FN5O6S. The van der Waals surface area contributed by atoms with Gasteiger partial charge in [-0.15, -0.1) is 0 Å². The van der Waals surface area contributed by atoms with E-state index in [-0.39, 0.29) is 45.1 Å². The number of rotatable bonds is 6. The number of ether oxygens (including phenoxy) is 1. The van der Waals surface area contributed by atoms with Crippen LogP contribution in [0.25, 0.3) is 0 Å². The summed E-state index contributed by atoms with van der Waals surface area (Å²) in [6.45, 7) is 2.84. The van der Waals surface area contributed by atoms with E-state index >= 15 is 0 Å². The number of morpholine rings is 1. The van der Waals surface area contributed by atoms with E-state index in [1.54, 1.807) is 13.0 Å². The molecule has 2 atom stereocenters. The summed E-state index contributed by atoms with van der Waals surface area (Å²) in [5.74, 6) is -2.98. The molecule has 1 aromatic carbocycles. The number of amides is 2. The Kier molecular flexibility index (Phi) is 7.04. The van der Waals surface area contributed by atoms with Crippen LogP contribution in [0.3, 0.4) is 0 Å². The van der Waals surface area contributed by atoms with Crippen molar-refractivity contribution >= 4 is 22.0 Å². The molecule has 3 N–H and O–H groups in total. The van der Waals surface area contributed by atoms with Crippen LogP contribution in [0.5, 0.6) is 0 Å². The van der Waals surface area contributed by atoms with Gasteiger partial charge in [-0.25, -0.2) is 4.39 Å². The predicted molar refractivity (Wildman–Crippen MR) is 123 cm³/mol. The van der Waals surface area contributed by atoms with E-state index in [2.05, 4.69) is 0 Å². The molecule has 0 spiro atoms. The number of nitrogens with zero attached hydrogens (tertiary/aromatic N) is 4. The fraction of sp³-hybridized carbons (Fsp3) is 0.545. The minimum Gasteiger partial charge on any atom is -0.501 e. The number of aliphatic hydroxyl groups is 1. The van der Waals surface area contributed by atoms with E-state index in [1.807, 2.05) is 0 Å². The first-order valence-corrected chi connectivity index (χ1v) is 12.8. The van der Waals surface area contributed by atoms with Crippen LogP contribution in [-0.4, -0.2) is 95.9 Å². The molecule has 2 unspecified atom stereocenters. The van der Waals surface area contributed by atoms with Crippen LogP contribution in [0, 0.1) is 12.7 Å². The van der Waals surface area contributed by atoms with Crippen molar-refractivity contribution in [3.05, 3.63) is 46.6 Å². The monoisotopic (exact) mass is 511 g/mol. The molecule has 11 nitrogen and oxygen atoms in total. The molecule has 0 aliphatic carbocycles. The number of benzene rings is 1. The van der Waals surface area contributed by atoms with Gasteiger partial charge >= 0.3 is 0 Å².